The van der Waals surface area contributed by atoms with Crippen LogP contribution in [0, 0.1) is 18.3 Å². The van der Waals surface area contributed by atoms with E-state index < -0.39 is 18.5 Å². The molecule has 1 aromatic carbocycles. The van der Waals surface area contributed by atoms with E-state index in [-0.39, 0.29) is 10.8 Å². The third-order valence-electron chi connectivity index (χ3n) is 3.16. The van der Waals surface area contributed by atoms with Gasteiger partial charge in [0.1, 0.15) is 0 Å². The molecule has 1 heterocycles. The zero-order chi connectivity index (χ0) is 19.1. The second-order valence-electron chi connectivity index (χ2n) is 5.11. The predicted octanol–water partition coefficient (Wildman–Crippen LogP) is 3.76. The number of rotatable bonds is 5. The van der Waals surface area contributed by atoms with Gasteiger partial charge in [0.2, 0.25) is 0 Å². The number of amides is 1. The van der Waals surface area contributed by atoms with Gasteiger partial charge in [-0.1, -0.05) is 35.3 Å². The molecule has 0 aliphatic heterocycles. The largest absolute Gasteiger partial charge is 0.452 e. The molecule has 2 rings (SSSR count). The van der Waals surface area contributed by atoms with Gasteiger partial charge in [-0.05, 0) is 36.8 Å². The Hall–Kier alpha value is -2.88. The van der Waals surface area contributed by atoms with E-state index in [9.17, 15) is 9.59 Å². The highest BCUT2D eigenvalue weighted by Gasteiger charge is 2.11. The van der Waals surface area contributed by atoms with E-state index in [1.54, 1.807) is 31.2 Å². The van der Waals surface area contributed by atoms with E-state index in [0.29, 0.717) is 16.3 Å². The summed E-state index contributed by atoms with van der Waals surface area (Å²) in [5.41, 5.74) is 1.75. The van der Waals surface area contributed by atoms with E-state index in [1.165, 1.54) is 18.2 Å². The number of nitrogens with zero attached hydrogens (tertiary/aromatic N) is 2. The first-order valence-electron chi connectivity index (χ1n) is 7.36. The summed E-state index contributed by atoms with van der Waals surface area (Å²) < 4.78 is 4.85. The zero-order valence-electron chi connectivity index (χ0n) is 13.6. The van der Waals surface area contributed by atoms with Gasteiger partial charge in [0.15, 0.2) is 12.4 Å². The van der Waals surface area contributed by atoms with Crippen LogP contribution in [0.5, 0.6) is 0 Å². The van der Waals surface area contributed by atoms with Crippen LogP contribution >= 0.6 is 23.2 Å². The molecule has 0 saturated heterocycles. The number of hydrogen-bond acceptors (Lipinski definition) is 5. The zero-order valence-corrected chi connectivity index (χ0v) is 15.1. The second-order valence-corrected chi connectivity index (χ2v) is 5.92. The number of carbonyl (C=O) groups is 2. The number of benzene rings is 1. The topological polar surface area (TPSA) is 92.1 Å². The molecule has 0 fully saturated rings. The van der Waals surface area contributed by atoms with Gasteiger partial charge in [-0.2, -0.15) is 5.26 Å². The van der Waals surface area contributed by atoms with Crippen molar-refractivity contribution >= 4 is 47.0 Å². The monoisotopic (exact) mass is 389 g/mol. The molecule has 0 saturated carbocycles. The summed E-state index contributed by atoms with van der Waals surface area (Å²) in [5.74, 6) is -1.13. The molecule has 0 spiro atoms. The Morgan fingerprint density at radius 2 is 1.96 bits per heavy atom. The van der Waals surface area contributed by atoms with Gasteiger partial charge in [0, 0.05) is 6.08 Å². The Kier molecular flexibility index (Phi) is 6.73. The third kappa shape index (κ3) is 5.59. The van der Waals surface area contributed by atoms with Crippen LogP contribution in [0.3, 0.4) is 0 Å². The number of aromatic nitrogens is 1. The van der Waals surface area contributed by atoms with Crippen molar-refractivity contribution in [2.75, 3.05) is 11.9 Å². The van der Waals surface area contributed by atoms with E-state index in [0.717, 1.165) is 5.56 Å². The minimum atomic E-state index is -0.684. The minimum Gasteiger partial charge on any atom is -0.452 e. The lowest BCUT2D eigenvalue weighted by molar-refractivity contribution is -0.142. The van der Waals surface area contributed by atoms with Crippen molar-refractivity contribution in [2.45, 2.75) is 6.92 Å². The maximum atomic E-state index is 11.8. The van der Waals surface area contributed by atoms with Crippen molar-refractivity contribution in [3.05, 3.63) is 63.3 Å². The molecule has 0 atom stereocenters. The van der Waals surface area contributed by atoms with Gasteiger partial charge in [-0.3, -0.25) is 4.79 Å². The van der Waals surface area contributed by atoms with Crippen LogP contribution in [-0.4, -0.2) is 23.5 Å². The number of halogens is 2. The van der Waals surface area contributed by atoms with Crippen molar-refractivity contribution in [2.24, 2.45) is 0 Å². The molecule has 0 unspecified atom stereocenters. The minimum absolute atomic E-state index is 0.141. The summed E-state index contributed by atoms with van der Waals surface area (Å²) in [6.07, 6.45) is 2.70. The molecular formula is C18H13Cl2N3O3. The first kappa shape index (κ1) is 19.4. The van der Waals surface area contributed by atoms with E-state index in [4.69, 9.17) is 33.2 Å². The van der Waals surface area contributed by atoms with Crippen LogP contribution in [0.2, 0.25) is 10.0 Å². The molecule has 1 amide bonds. The van der Waals surface area contributed by atoms with Gasteiger partial charge in [-0.25, -0.2) is 9.78 Å². The lowest BCUT2D eigenvalue weighted by atomic mass is 10.1. The van der Waals surface area contributed by atoms with Gasteiger partial charge in [0.05, 0.1) is 27.4 Å². The number of pyridine rings is 1. The van der Waals surface area contributed by atoms with E-state index in [2.05, 4.69) is 10.3 Å². The van der Waals surface area contributed by atoms with Crippen LogP contribution < -0.4 is 5.32 Å². The summed E-state index contributed by atoms with van der Waals surface area (Å²) in [5, 5.41) is 11.7. The SMILES string of the molecule is Cc1nc(NC(=O)COC(=O)/C=C/c2ccc(C#N)cc2)c(Cl)cc1Cl. The van der Waals surface area contributed by atoms with Crippen molar-refractivity contribution in [3.8, 4) is 6.07 Å². The van der Waals surface area contributed by atoms with Crippen LogP contribution in [0.25, 0.3) is 6.08 Å². The Labute approximate surface area is 160 Å². The van der Waals surface area contributed by atoms with Crippen molar-refractivity contribution in [1.82, 2.24) is 4.98 Å². The van der Waals surface area contributed by atoms with Gasteiger partial charge in [-0.15, -0.1) is 0 Å². The van der Waals surface area contributed by atoms with Gasteiger partial charge < -0.3 is 10.1 Å². The summed E-state index contributed by atoms with van der Waals surface area (Å²) in [6.45, 7) is 1.18. The molecule has 1 aromatic heterocycles. The second kappa shape index (κ2) is 8.99. The van der Waals surface area contributed by atoms with Crippen molar-refractivity contribution < 1.29 is 14.3 Å². The van der Waals surface area contributed by atoms with Gasteiger partial charge >= 0.3 is 5.97 Å². The van der Waals surface area contributed by atoms with Crippen molar-refractivity contribution in [1.29, 1.82) is 5.26 Å². The van der Waals surface area contributed by atoms with Crippen LogP contribution in [0.4, 0.5) is 5.82 Å². The molecule has 1 N–H and O–H groups in total. The predicted molar refractivity (Wildman–Crippen MR) is 98.8 cm³/mol. The molecule has 0 radical (unpaired) electrons. The maximum absolute atomic E-state index is 11.8. The maximum Gasteiger partial charge on any atom is 0.331 e. The molecular weight excluding hydrogens is 377 g/mol. The molecule has 8 heteroatoms. The number of ether oxygens (including phenoxy) is 1. The summed E-state index contributed by atoms with van der Waals surface area (Å²) >= 11 is 11.8. The van der Waals surface area contributed by atoms with Crippen LogP contribution in [-0.2, 0) is 14.3 Å². The number of carbonyl (C=O) groups excluding carboxylic acids is 2. The number of anilines is 1. The molecule has 132 valence electrons. The van der Waals surface area contributed by atoms with Crippen molar-refractivity contribution in [3.63, 3.8) is 0 Å². The number of nitrogens with one attached hydrogen (secondary N) is 1. The Morgan fingerprint density at radius 3 is 2.62 bits per heavy atom. The average Bonchev–Trinajstić information content (AvgIpc) is 2.63. The first-order chi connectivity index (χ1) is 12.4. The fourth-order valence-corrected chi connectivity index (χ4v) is 2.24. The molecule has 0 aliphatic rings. The first-order valence-corrected chi connectivity index (χ1v) is 8.12. The third-order valence-corrected chi connectivity index (χ3v) is 3.83. The number of nitriles is 1. The van der Waals surface area contributed by atoms with E-state index >= 15 is 0 Å². The number of aryl methyl sites for hydroxylation is 1. The highest BCUT2D eigenvalue weighted by Crippen LogP contribution is 2.25. The van der Waals surface area contributed by atoms with Gasteiger partial charge in [0.25, 0.3) is 5.91 Å². The highest BCUT2D eigenvalue weighted by molar-refractivity contribution is 6.36. The Bertz CT molecular complexity index is 903. The summed E-state index contributed by atoms with van der Waals surface area (Å²) in [7, 11) is 0. The lowest BCUT2D eigenvalue weighted by Gasteiger charge is -2.08. The fourth-order valence-electron chi connectivity index (χ4n) is 1.83. The summed E-state index contributed by atoms with van der Waals surface area (Å²) in [4.78, 5) is 27.6. The van der Waals surface area contributed by atoms with Crippen LogP contribution in [0.1, 0.15) is 16.8 Å². The number of esters is 1. The molecule has 26 heavy (non-hydrogen) atoms. The number of hydrogen-bond donors (Lipinski definition) is 1. The van der Waals surface area contributed by atoms with Crippen LogP contribution in [0.15, 0.2) is 36.4 Å². The summed E-state index contributed by atoms with van der Waals surface area (Å²) in [6, 6.07) is 10.1. The molecule has 0 aliphatic carbocycles. The quantitative estimate of drug-likeness (QED) is 0.620. The highest BCUT2D eigenvalue weighted by atomic mass is 35.5. The van der Waals surface area contributed by atoms with E-state index in [1.807, 2.05) is 6.07 Å². The average molecular weight is 390 g/mol. The molecule has 2 aromatic rings. The molecule has 0 bridgehead atoms. The standard InChI is InChI=1S/C18H13Cl2N3O3/c1-11-14(19)8-15(20)18(22-11)23-16(24)10-26-17(25)7-6-12-2-4-13(9-21)5-3-12/h2-8H,10H2,1H3,(H,22,23,24)/b7-6+. The lowest BCUT2D eigenvalue weighted by Crippen LogP contribution is -2.21. The smallest absolute Gasteiger partial charge is 0.331 e. The molecule has 6 nitrogen and oxygen atoms in total. The fraction of sp³-hybridized carbons (Fsp3) is 0.111. The Morgan fingerprint density at radius 1 is 1.27 bits per heavy atom. The normalized spacial score (nSPS) is 10.4. The Balaban J connectivity index is 1.86.